The molecule has 2 aliphatic rings. The van der Waals surface area contributed by atoms with Crippen molar-refractivity contribution >= 4 is 34.2 Å². The summed E-state index contributed by atoms with van der Waals surface area (Å²) in [6.07, 6.45) is 0.324. The van der Waals surface area contributed by atoms with Crippen LogP contribution in [0.25, 0.3) is 10.9 Å². The number of urea groups is 1. The summed E-state index contributed by atoms with van der Waals surface area (Å²) in [4.78, 5) is 34.2. The Hall–Kier alpha value is -3.82. The fourth-order valence-electron chi connectivity index (χ4n) is 5.06. The van der Waals surface area contributed by atoms with Gasteiger partial charge in [-0.3, -0.25) is 9.78 Å². The molecule has 3 amide bonds. The van der Waals surface area contributed by atoms with Gasteiger partial charge in [0, 0.05) is 24.4 Å². The number of benzene rings is 2. The number of halogens is 3. The molecule has 1 aromatic heterocycles. The highest BCUT2D eigenvalue weighted by atomic mass is 19.4. The molecule has 10 heteroatoms. The maximum Gasteiger partial charge on any atom is 0.573 e. The van der Waals surface area contributed by atoms with Crippen molar-refractivity contribution in [3.8, 4) is 5.75 Å². The van der Waals surface area contributed by atoms with Crippen molar-refractivity contribution in [1.82, 2.24) is 10.3 Å². The third kappa shape index (κ3) is 4.55. The number of hydrogen-bond donors (Lipinski definition) is 1. The van der Waals surface area contributed by atoms with Gasteiger partial charge in [-0.1, -0.05) is 25.1 Å². The first-order valence-corrected chi connectivity index (χ1v) is 11.9. The number of pyridine rings is 1. The number of nitrogens with one attached hydrogen (secondary N) is 1. The lowest BCUT2D eigenvalue weighted by Gasteiger charge is -2.33. The minimum atomic E-state index is -4.83. The third-order valence-corrected chi connectivity index (χ3v) is 6.75. The monoisotopic (exact) mass is 498 g/mol. The normalized spacial score (nSPS) is 19.5. The van der Waals surface area contributed by atoms with Crippen molar-refractivity contribution in [2.75, 3.05) is 22.9 Å². The zero-order valence-electron chi connectivity index (χ0n) is 19.6. The van der Waals surface area contributed by atoms with Crippen LogP contribution in [-0.2, 0) is 4.79 Å². The van der Waals surface area contributed by atoms with Crippen LogP contribution in [0.4, 0.5) is 29.3 Å². The van der Waals surface area contributed by atoms with Crippen LogP contribution in [0.15, 0.2) is 54.7 Å². The van der Waals surface area contributed by atoms with Crippen LogP contribution in [0.1, 0.15) is 37.7 Å². The molecule has 0 bridgehead atoms. The second-order valence-corrected chi connectivity index (χ2v) is 9.05. The Labute approximate surface area is 205 Å². The van der Waals surface area contributed by atoms with Crippen molar-refractivity contribution in [3.05, 3.63) is 60.3 Å². The highest BCUT2D eigenvalue weighted by Crippen LogP contribution is 2.38. The number of amides is 3. The number of imide groups is 1. The smallest absolute Gasteiger partial charge is 0.406 e. The first kappa shape index (κ1) is 23.9. The molecule has 0 saturated carbocycles. The van der Waals surface area contributed by atoms with Crippen molar-refractivity contribution in [3.63, 3.8) is 0 Å². The summed E-state index contributed by atoms with van der Waals surface area (Å²) in [6.45, 7) is 3.69. The van der Waals surface area contributed by atoms with E-state index in [9.17, 15) is 22.8 Å². The summed E-state index contributed by atoms with van der Waals surface area (Å²) < 4.78 is 41.4. The Balaban J connectivity index is 1.47. The van der Waals surface area contributed by atoms with Gasteiger partial charge >= 0.3 is 12.4 Å². The maximum absolute atomic E-state index is 13.5. The molecule has 3 aromatic rings. The number of aromatic nitrogens is 1. The fourth-order valence-corrected chi connectivity index (χ4v) is 5.06. The third-order valence-electron chi connectivity index (χ3n) is 6.75. The molecular weight excluding hydrogens is 473 g/mol. The quantitative estimate of drug-likeness (QED) is 0.480. The van der Waals surface area contributed by atoms with Crippen molar-refractivity contribution in [2.24, 2.45) is 0 Å². The summed E-state index contributed by atoms with van der Waals surface area (Å²) in [6, 6.07) is 10.9. The molecule has 0 aliphatic carbocycles. The lowest BCUT2D eigenvalue weighted by molar-refractivity contribution is -0.274. The zero-order chi connectivity index (χ0) is 25.4. The van der Waals surface area contributed by atoms with Crippen molar-refractivity contribution < 1.29 is 27.5 Å². The van der Waals surface area contributed by atoms with Crippen LogP contribution in [0, 0.1) is 0 Å². The van der Waals surface area contributed by atoms with Crippen LogP contribution in [0.3, 0.4) is 0 Å². The van der Waals surface area contributed by atoms with E-state index < -0.39 is 30.1 Å². The van der Waals surface area contributed by atoms with E-state index in [2.05, 4.69) is 19.9 Å². The molecule has 5 rings (SSSR count). The zero-order valence-corrected chi connectivity index (χ0v) is 19.6. The van der Waals surface area contributed by atoms with E-state index in [0.29, 0.717) is 0 Å². The standard InChI is InChI=1S/C26H25F3N4O3/c1-16(22-19-7-3-4-8-20(19)30-15-21(22)32-13-5-2-6-14-32)23-24(34)33(25(35)31-23)17-9-11-18(12-10-17)36-26(27,28)29/h3-4,7-12,15-16,23H,2,5-6,13-14H2,1H3,(H,31,35). The average Bonchev–Trinajstić information content (AvgIpc) is 3.16. The number of anilines is 2. The summed E-state index contributed by atoms with van der Waals surface area (Å²) >= 11 is 0. The first-order valence-electron chi connectivity index (χ1n) is 11.9. The number of para-hydroxylation sites is 1. The molecule has 3 heterocycles. The van der Waals surface area contributed by atoms with Crippen molar-refractivity contribution in [1.29, 1.82) is 0 Å². The van der Waals surface area contributed by atoms with Gasteiger partial charge in [-0.05, 0) is 55.2 Å². The number of ether oxygens (including phenoxy) is 1. The molecule has 2 fully saturated rings. The van der Waals surface area contributed by atoms with Gasteiger partial charge in [-0.2, -0.15) is 0 Å². The Bertz CT molecular complexity index is 1290. The minimum Gasteiger partial charge on any atom is -0.406 e. The van der Waals surface area contributed by atoms with E-state index in [-0.39, 0.29) is 11.6 Å². The number of carbonyl (C=O) groups excluding carboxylic acids is 2. The van der Waals surface area contributed by atoms with E-state index >= 15 is 0 Å². The van der Waals surface area contributed by atoms with Gasteiger partial charge in [0.05, 0.1) is 23.1 Å². The van der Waals surface area contributed by atoms with Crippen molar-refractivity contribution in [2.45, 2.75) is 44.5 Å². The number of fused-ring (bicyclic) bond motifs is 1. The summed E-state index contributed by atoms with van der Waals surface area (Å²) in [5.74, 6) is -1.29. The highest BCUT2D eigenvalue weighted by Gasteiger charge is 2.43. The summed E-state index contributed by atoms with van der Waals surface area (Å²) in [7, 11) is 0. The Kier molecular flexibility index (Phi) is 6.19. The Morgan fingerprint density at radius 1 is 1.03 bits per heavy atom. The molecule has 0 radical (unpaired) electrons. The summed E-state index contributed by atoms with van der Waals surface area (Å²) in [5, 5.41) is 3.70. The average molecular weight is 499 g/mol. The molecule has 2 unspecified atom stereocenters. The summed E-state index contributed by atoms with van der Waals surface area (Å²) in [5.41, 5.74) is 2.86. The predicted octanol–water partition coefficient (Wildman–Crippen LogP) is 5.35. The van der Waals surface area contributed by atoms with Gasteiger partial charge < -0.3 is 15.0 Å². The van der Waals surface area contributed by atoms with Gasteiger partial charge in [-0.25, -0.2) is 9.69 Å². The molecule has 2 aromatic carbocycles. The largest absolute Gasteiger partial charge is 0.573 e. The molecule has 188 valence electrons. The number of nitrogens with zero attached hydrogens (tertiary/aromatic N) is 3. The maximum atomic E-state index is 13.5. The molecule has 1 N–H and O–H groups in total. The van der Waals surface area contributed by atoms with Crippen LogP contribution in [-0.4, -0.2) is 42.4 Å². The topological polar surface area (TPSA) is 74.8 Å². The molecule has 2 aliphatic heterocycles. The van der Waals surface area contributed by atoms with E-state index in [1.54, 1.807) is 0 Å². The lowest BCUT2D eigenvalue weighted by atomic mass is 9.88. The molecule has 7 nitrogen and oxygen atoms in total. The van der Waals surface area contributed by atoms with E-state index in [4.69, 9.17) is 0 Å². The number of piperidine rings is 1. The molecule has 2 atom stereocenters. The molecule has 2 saturated heterocycles. The number of rotatable bonds is 5. The molecule has 0 spiro atoms. The second kappa shape index (κ2) is 9.33. The highest BCUT2D eigenvalue weighted by molar-refractivity contribution is 6.21. The van der Waals surface area contributed by atoms with E-state index in [0.717, 1.165) is 65.1 Å². The van der Waals surface area contributed by atoms with Gasteiger partial charge in [0.2, 0.25) is 0 Å². The van der Waals surface area contributed by atoms with Crippen LogP contribution >= 0.6 is 0 Å². The number of alkyl halides is 3. The minimum absolute atomic E-state index is 0.164. The molecule has 36 heavy (non-hydrogen) atoms. The lowest BCUT2D eigenvalue weighted by Crippen LogP contribution is -2.37. The number of hydrogen-bond acceptors (Lipinski definition) is 5. The molecular formula is C26H25F3N4O3. The fraction of sp³-hybridized carbons (Fsp3) is 0.346. The predicted molar refractivity (Wildman–Crippen MR) is 129 cm³/mol. The Morgan fingerprint density at radius 2 is 1.72 bits per heavy atom. The van der Waals surface area contributed by atoms with Crippen LogP contribution in [0.2, 0.25) is 0 Å². The number of carbonyl (C=O) groups is 2. The van der Waals surface area contributed by atoms with Crippen LogP contribution < -0.4 is 19.9 Å². The van der Waals surface area contributed by atoms with Crippen LogP contribution in [0.5, 0.6) is 5.75 Å². The second-order valence-electron chi connectivity index (χ2n) is 9.05. The van der Waals surface area contributed by atoms with Gasteiger partial charge in [0.1, 0.15) is 11.8 Å². The Morgan fingerprint density at radius 3 is 2.42 bits per heavy atom. The first-order chi connectivity index (χ1) is 17.2. The van der Waals surface area contributed by atoms with E-state index in [1.165, 1.54) is 18.6 Å². The van der Waals surface area contributed by atoms with Gasteiger partial charge in [0.15, 0.2) is 0 Å². The van der Waals surface area contributed by atoms with E-state index in [1.807, 2.05) is 37.4 Å². The SMILES string of the molecule is CC(c1c(N2CCCCC2)cnc2ccccc12)C1NC(=O)N(c2ccc(OC(F)(F)F)cc2)C1=O. The van der Waals surface area contributed by atoms with Gasteiger partial charge in [0.25, 0.3) is 5.91 Å². The van der Waals surface area contributed by atoms with Gasteiger partial charge in [-0.15, -0.1) is 13.2 Å².